The zero-order chi connectivity index (χ0) is 20.1. The second kappa shape index (κ2) is 8.70. The van der Waals surface area contributed by atoms with E-state index in [4.69, 9.17) is 4.74 Å². The molecule has 0 aliphatic carbocycles. The topological polar surface area (TPSA) is 109 Å². The van der Waals surface area contributed by atoms with Crippen molar-refractivity contribution in [2.45, 2.75) is 0 Å². The second-order valence-corrected chi connectivity index (χ2v) is 6.84. The van der Waals surface area contributed by atoms with Crippen LogP contribution in [0.1, 0.15) is 20.7 Å². The van der Waals surface area contributed by atoms with E-state index in [1.165, 1.54) is 25.3 Å². The average Bonchev–Trinajstić information content (AvgIpc) is 2.73. The molecule has 10 heteroatoms. The van der Waals surface area contributed by atoms with Gasteiger partial charge in [-0.05, 0) is 24.3 Å². The van der Waals surface area contributed by atoms with Crippen molar-refractivity contribution in [1.82, 2.24) is 14.8 Å². The van der Waals surface area contributed by atoms with Crippen LogP contribution >= 0.6 is 0 Å². The van der Waals surface area contributed by atoms with Gasteiger partial charge >= 0.3 is 0 Å². The highest BCUT2D eigenvalue weighted by Crippen LogP contribution is 2.25. The van der Waals surface area contributed by atoms with Crippen molar-refractivity contribution in [3.8, 4) is 5.75 Å². The third-order valence-electron chi connectivity index (χ3n) is 4.43. The van der Waals surface area contributed by atoms with Crippen LogP contribution in [0, 0.1) is 0 Å². The quantitative estimate of drug-likeness (QED) is 0.708. The minimum Gasteiger partial charge on any atom is -0.496 e. The lowest BCUT2D eigenvalue weighted by atomic mass is 10.1. The molecule has 9 nitrogen and oxygen atoms in total. The number of amides is 2. The van der Waals surface area contributed by atoms with E-state index in [1.54, 1.807) is 34.3 Å². The minimum absolute atomic E-state index is 0.0887. The number of nitrogens with zero attached hydrogens (tertiary/aromatic N) is 3. The fourth-order valence-corrected chi connectivity index (χ4v) is 3.35. The molecule has 1 N–H and O–H groups in total. The molecule has 2 amide bonds. The molecule has 1 aromatic heterocycles. The van der Waals surface area contributed by atoms with Gasteiger partial charge < -0.3 is 14.5 Å². The van der Waals surface area contributed by atoms with Gasteiger partial charge in [-0.25, -0.2) is 8.42 Å². The number of hydrogen-bond donors (Lipinski definition) is 2. The van der Waals surface area contributed by atoms with Gasteiger partial charge in [0.2, 0.25) is 10.9 Å². The van der Waals surface area contributed by atoms with Gasteiger partial charge in [0.15, 0.2) is 0 Å². The predicted molar refractivity (Wildman–Crippen MR) is 103 cm³/mol. The molecular weight excluding hydrogens is 384 g/mol. The van der Waals surface area contributed by atoms with Gasteiger partial charge in [-0.1, -0.05) is 0 Å². The number of ether oxygens (including phenoxy) is 1. The number of carbonyl (C=O) groups is 2. The molecule has 0 atom stereocenters. The third kappa shape index (κ3) is 4.39. The number of benzene rings is 1. The summed E-state index contributed by atoms with van der Waals surface area (Å²) in [7, 11) is -1.39. The van der Waals surface area contributed by atoms with Gasteiger partial charge in [-0.2, -0.15) is 0 Å². The molecule has 148 valence electrons. The Hall–Kier alpha value is -3.14. The molecule has 0 unspecified atom stereocenters. The molecule has 1 aliphatic heterocycles. The van der Waals surface area contributed by atoms with Crippen molar-refractivity contribution in [1.29, 1.82) is 0 Å². The Kier molecular flexibility index (Phi) is 6.09. The van der Waals surface area contributed by atoms with Crippen LogP contribution in [0.4, 0.5) is 5.69 Å². The van der Waals surface area contributed by atoms with E-state index in [2.05, 4.69) is 9.71 Å². The SMILES string of the molecule is COc1cc(N[SH](=O)=O)ccc1C(=O)N1CCN(C(=O)c2ccncc2)CC1. The van der Waals surface area contributed by atoms with Crippen LogP contribution in [0.5, 0.6) is 5.75 Å². The molecule has 0 bridgehead atoms. The highest BCUT2D eigenvalue weighted by molar-refractivity contribution is 7.73. The largest absolute Gasteiger partial charge is 0.496 e. The molecule has 2 heterocycles. The number of thiol groups is 1. The van der Waals surface area contributed by atoms with Crippen LogP contribution in [0.3, 0.4) is 0 Å². The first-order valence-corrected chi connectivity index (χ1v) is 9.75. The van der Waals surface area contributed by atoms with Crippen molar-refractivity contribution in [3.63, 3.8) is 0 Å². The summed E-state index contributed by atoms with van der Waals surface area (Å²) in [5.74, 6) is -0.0395. The van der Waals surface area contributed by atoms with Crippen LogP contribution in [0.2, 0.25) is 0 Å². The van der Waals surface area contributed by atoms with Crippen LogP contribution < -0.4 is 9.46 Å². The molecule has 0 saturated carbocycles. The Morgan fingerprint density at radius 2 is 1.61 bits per heavy atom. The van der Waals surface area contributed by atoms with Gasteiger partial charge in [-0.15, -0.1) is 0 Å². The lowest BCUT2D eigenvalue weighted by molar-refractivity contribution is 0.0533. The molecule has 3 rings (SSSR count). The van der Waals surface area contributed by atoms with Gasteiger partial charge in [0, 0.05) is 50.2 Å². The number of rotatable bonds is 5. The molecule has 0 spiro atoms. The van der Waals surface area contributed by atoms with Crippen molar-refractivity contribution in [2.24, 2.45) is 0 Å². The summed E-state index contributed by atoms with van der Waals surface area (Å²) >= 11 is 0. The molecule has 28 heavy (non-hydrogen) atoms. The molecule has 0 radical (unpaired) electrons. The van der Waals surface area contributed by atoms with Crippen LogP contribution in [-0.4, -0.2) is 68.3 Å². The van der Waals surface area contributed by atoms with Crippen LogP contribution in [-0.2, 0) is 10.9 Å². The Morgan fingerprint density at radius 1 is 1.00 bits per heavy atom. The van der Waals surface area contributed by atoms with Crippen LogP contribution in [0.25, 0.3) is 0 Å². The van der Waals surface area contributed by atoms with Gasteiger partial charge in [0.1, 0.15) is 5.75 Å². The number of nitrogens with one attached hydrogen (secondary N) is 1. The summed E-state index contributed by atoms with van der Waals surface area (Å²) in [6.07, 6.45) is 3.14. The van der Waals surface area contributed by atoms with Crippen molar-refractivity contribution >= 4 is 28.4 Å². The number of pyridine rings is 1. The van der Waals surface area contributed by atoms with E-state index in [9.17, 15) is 18.0 Å². The summed E-state index contributed by atoms with van der Waals surface area (Å²) in [6, 6.07) is 7.81. The maximum absolute atomic E-state index is 12.9. The van der Waals surface area contributed by atoms with Gasteiger partial charge in [-0.3, -0.25) is 19.3 Å². The first-order valence-electron chi connectivity index (χ1n) is 8.57. The number of piperazine rings is 1. The zero-order valence-electron chi connectivity index (χ0n) is 15.2. The van der Waals surface area contributed by atoms with Crippen molar-refractivity contribution in [2.75, 3.05) is 38.0 Å². The highest BCUT2D eigenvalue weighted by Gasteiger charge is 2.27. The maximum Gasteiger partial charge on any atom is 0.257 e. The van der Waals surface area contributed by atoms with E-state index < -0.39 is 10.9 Å². The molecule has 1 saturated heterocycles. The summed E-state index contributed by atoms with van der Waals surface area (Å²) in [4.78, 5) is 32.6. The monoisotopic (exact) mass is 404 g/mol. The fraction of sp³-hybridized carbons (Fsp3) is 0.278. The van der Waals surface area contributed by atoms with Crippen LogP contribution in [0.15, 0.2) is 42.7 Å². The molecule has 1 fully saturated rings. The molecular formula is C18H20N4O5S. The maximum atomic E-state index is 12.9. The minimum atomic E-state index is -2.80. The third-order valence-corrected chi connectivity index (χ3v) is 4.87. The van der Waals surface area contributed by atoms with E-state index in [-0.39, 0.29) is 17.6 Å². The lowest BCUT2D eigenvalue weighted by Gasteiger charge is -2.35. The molecule has 2 aromatic rings. The first kappa shape index (κ1) is 19.6. The number of carbonyl (C=O) groups excluding carboxylic acids is 2. The number of hydrogen-bond acceptors (Lipinski definition) is 6. The fourth-order valence-electron chi connectivity index (χ4n) is 3.00. The normalized spacial score (nSPS) is 14.1. The number of methoxy groups -OCH3 is 1. The van der Waals surface area contributed by atoms with Crippen molar-refractivity contribution in [3.05, 3.63) is 53.9 Å². The Balaban J connectivity index is 1.67. The van der Waals surface area contributed by atoms with Gasteiger partial charge in [0.05, 0.1) is 18.4 Å². The second-order valence-electron chi connectivity index (χ2n) is 6.10. The van der Waals surface area contributed by atoms with E-state index >= 15 is 0 Å². The summed E-state index contributed by atoms with van der Waals surface area (Å²) in [5, 5.41) is 0. The zero-order valence-corrected chi connectivity index (χ0v) is 16.1. The summed E-state index contributed by atoms with van der Waals surface area (Å²) < 4.78 is 29.1. The summed E-state index contributed by atoms with van der Waals surface area (Å²) in [5.41, 5.74) is 1.22. The van der Waals surface area contributed by atoms with E-state index in [0.717, 1.165) is 0 Å². The summed E-state index contributed by atoms with van der Waals surface area (Å²) in [6.45, 7) is 1.63. The predicted octanol–water partition coefficient (Wildman–Crippen LogP) is 0.627. The highest BCUT2D eigenvalue weighted by atomic mass is 32.2. The Bertz CT molecular complexity index is 932. The number of aromatic nitrogens is 1. The molecule has 1 aliphatic rings. The molecule has 1 aromatic carbocycles. The smallest absolute Gasteiger partial charge is 0.257 e. The van der Waals surface area contributed by atoms with E-state index in [0.29, 0.717) is 43.0 Å². The number of anilines is 1. The Morgan fingerprint density at radius 3 is 2.18 bits per heavy atom. The average molecular weight is 404 g/mol. The Labute approximate surface area is 164 Å². The van der Waals surface area contributed by atoms with Gasteiger partial charge in [0.25, 0.3) is 11.8 Å². The van der Waals surface area contributed by atoms with Crippen molar-refractivity contribution < 1.29 is 22.7 Å². The lowest BCUT2D eigenvalue weighted by Crippen LogP contribution is -2.50. The first-order chi connectivity index (χ1) is 13.5. The van der Waals surface area contributed by atoms with E-state index in [1.807, 2.05) is 0 Å². The standard InChI is InChI=1S/C18H20N4O5S/c1-27-16-12-14(20-28(25)26)2-3-15(16)18(24)22-10-8-21(9-11-22)17(23)13-4-6-19-7-5-13/h2-7,12,28H,8-11H2,1H3,(H,20,25,26).